The highest BCUT2D eigenvalue weighted by Crippen LogP contribution is 2.30. The molecule has 3 rings (SSSR count). The fraction of sp³-hybridized carbons (Fsp3) is 0.800. The molecule has 0 aromatic carbocycles. The van der Waals surface area contributed by atoms with Gasteiger partial charge in [0.15, 0.2) is 0 Å². The molecule has 3 fully saturated rings. The number of ether oxygens (including phenoxy) is 1. The van der Waals surface area contributed by atoms with Crippen LogP contribution in [0.1, 0.15) is 27.2 Å². The molecule has 2 atom stereocenters. The number of nitrogens with one attached hydrogen (secondary N) is 1. The molecule has 0 aromatic heterocycles. The lowest BCUT2D eigenvalue weighted by Crippen LogP contribution is -2.72. The molecule has 5 heteroatoms. The first-order valence-corrected chi connectivity index (χ1v) is 5.17. The van der Waals surface area contributed by atoms with Crippen molar-refractivity contribution in [2.75, 3.05) is 6.54 Å². The van der Waals surface area contributed by atoms with E-state index < -0.39 is 5.60 Å². The van der Waals surface area contributed by atoms with Gasteiger partial charge in [-0.25, -0.2) is 4.79 Å². The van der Waals surface area contributed by atoms with Crippen LogP contribution in [0.2, 0.25) is 0 Å². The molecule has 84 valence electrons. The molecule has 0 radical (unpaired) electrons. The molecule has 1 N–H and O–H groups in total. The number of hydrogen-bond acceptors (Lipinski definition) is 3. The monoisotopic (exact) mass is 212 g/mol. The molecular weight excluding hydrogens is 196 g/mol. The molecule has 0 aromatic rings. The van der Waals surface area contributed by atoms with Crippen molar-refractivity contribution in [3.63, 3.8) is 0 Å². The largest absolute Gasteiger partial charge is 0.444 e. The van der Waals surface area contributed by atoms with Crippen molar-refractivity contribution in [3.8, 4) is 0 Å². The zero-order chi connectivity index (χ0) is 11.2. The average Bonchev–Trinajstić information content (AvgIpc) is 1.98. The Hall–Kier alpha value is -1.26. The van der Waals surface area contributed by atoms with E-state index in [0.29, 0.717) is 6.54 Å². The summed E-state index contributed by atoms with van der Waals surface area (Å²) in [7, 11) is 0. The van der Waals surface area contributed by atoms with E-state index >= 15 is 0 Å². The standard InChI is InChI=1S/C10H16N2O3/c1-10(2,3)15-9(14)12-6-4-7(12)8(13)11-5-6/h6-7H,4-5H2,1-3H3,(H,11,13)/t6-,7+/m0/s1. The Morgan fingerprint density at radius 3 is 2.67 bits per heavy atom. The molecule has 3 aliphatic rings. The predicted octanol–water partition coefficient (Wildman–Crippen LogP) is 0.494. The lowest BCUT2D eigenvalue weighted by molar-refractivity contribution is -0.140. The van der Waals surface area contributed by atoms with Crippen LogP contribution in [0.5, 0.6) is 0 Å². The molecule has 0 unspecified atom stereocenters. The van der Waals surface area contributed by atoms with Crippen molar-refractivity contribution < 1.29 is 14.3 Å². The first kappa shape index (κ1) is 10.3. The third-order valence-corrected chi connectivity index (χ3v) is 2.64. The summed E-state index contributed by atoms with van der Waals surface area (Å²) < 4.78 is 5.23. The van der Waals surface area contributed by atoms with E-state index in [4.69, 9.17) is 4.74 Å². The van der Waals surface area contributed by atoms with E-state index in [0.717, 1.165) is 6.42 Å². The van der Waals surface area contributed by atoms with Crippen LogP contribution < -0.4 is 5.32 Å². The summed E-state index contributed by atoms with van der Waals surface area (Å²) in [6.07, 6.45) is 0.393. The van der Waals surface area contributed by atoms with Crippen LogP contribution in [0.4, 0.5) is 4.79 Å². The van der Waals surface area contributed by atoms with Gasteiger partial charge in [0.2, 0.25) is 5.91 Å². The Labute approximate surface area is 88.8 Å². The van der Waals surface area contributed by atoms with Gasteiger partial charge in [-0.15, -0.1) is 0 Å². The number of hydrogen-bond donors (Lipinski definition) is 1. The summed E-state index contributed by atoms with van der Waals surface area (Å²) in [5.41, 5.74) is -0.503. The van der Waals surface area contributed by atoms with Gasteiger partial charge in [-0.2, -0.15) is 0 Å². The molecule has 0 aliphatic carbocycles. The summed E-state index contributed by atoms with van der Waals surface area (Å²) in [4.78, 5) is 24.6. The Bertz CT molecular complexity index is 306. The maximum atomic E-state index is 11.7. The zero-order valence-electron chi connectivity index (χ0n) is 9.24. The zero-order valence-corrected chi connectivity index (χ0v) is 9.24. The van der Waals surface area contributed by atoms with Crippen molar-refractivity contribution in [1.82, 2.24) is 10.2 Å². The second-order valence-electron chi connectivity index (χ2n) is 5.04. The second-order valence-corrected chi connectivity index (χ2v) is 5.04. The van der Waals surface area contributed by atoms with Crippen molar-refractivity contribution in [3.05, 3.63) is 0 Å². The minimum atomic E-state index is -0.503. The van der Waals surface area contributed by atoms with Crippen LogP contribution in [-0.4, -0.2) is 41.1 Å². The second kappa shape index (κ2) is 3.12. The van der Waals surface area contributed by atoms with E-state index in [9.17, 15) is 9.59 Å². The number of rotatable bonds is 0. The molecule has 2 amide bonds. The molecule has 2 bridgehead atoms. The quantitative estimate of drug-likeness (QED) is 0.636. The van der Waals surface area contributed by atoms with Gasteiger partial charge < -0.3 is 10.1 Å². The fourth-order valence-corrected chi connectivity index (χ4v) is 1.94. The van der Waals surface area contributed by atoms with E-state index in [2.05, 4.69) is 5.32 Å². The number of piperazine rings is 1. The van der Waals surface area contributed by atoms with Crippen molar-refractivity contribution in [2.24, 2.45) is 0 Å². The first-order valence-electron chi connectivity index (χ1n) is 5.17. The van der Waals surface area contributed by atoms with E-state index in [-0.39, 0.29) is 24.1 Å². The molecule has 0 spiro atoms. The number of piperidine rings is 1. The van der Waals surface area contributed by atoms with Crippen LogP contribution >= 0.6 is 0 Å². The van der Waals surface area contributed by atoms with E-state index in [1.54, 1.807) is 4.90 Å². The fourth-order valence-electron chi connectivity index (χ4n) is 1.94. The van der Waals surface area contributed by atoms with Gasteiger partial charge >= 0.3 is 6.09 Å². The van der Waals surface area contributed by atoms with Gasteiger partial charge in [0.05, 0.1) is 6.04 Å². The Kier molecular flexibility index (Phi) is 2.13. The van der Waals surface area contributed by atoms with Gasteiger partial charge in [-0.05, 0) is 27.2 Å². The lowest BCUT2D eigenvalue weighted by atomic mass is 9.89. The molecule has 15 heavy (non-hydrogen) atoms. The summed E-state index contributed by atoms with van der Waals surface area (Å²) in [5.74, 6) is -0.0663. The third kappa shape index (κ3) is 1.78. The predicted molar refractivity (Wildman–Crippen MR) is 53.3 cm³/mol. The highest BCUT2D eigenvalue weighted by Gasteiger charge is 2.50. The Balaban J connectivity index is 2.01. The summed E-state index contributed by atoms with van der Waals surface area (Å²) in [6.45, 7) is 6.01. The Morgan fingerprint density at radius 1 is 1.53 bits per heavy atom. The van der Waals surface area contributed by atoms with Crippen molar-refractivity contribution in [1.29, 1.82) is 0 Å². The van der Waals surface area contributed by atoms with Crippen molar-refractivity contribution >= 4 is 12.0 Å². The SMILES string of the molecule is CC(C)(C)OC(=O)N1[C@@H]2CNC(=O)[C@H]1C2. The summed E-state index contributed by atoms with van der Waals surface area (Å²) in [5, 5.41) is 2.74. The van der Waals surface area contributed by atoms with Crippen LogP contribution in [0, 0.1) is 0 Å². The van der Waals surface area contributed by atoms with Gasteiger partial charge in [-0.1, -0.05) is 0 Å². The van der Waals surface area contributed by atoms with Crippen LogP contribution in [0.3, 0.4) is 0 Å². The van der Waals surface area contributed by atoms with Crippen LogP contribution in [0.25, 0.3) is 0 Å². The Morgan fingerprint density at radius 2 is 2.20 bits per heavy atom. The third-order valence-electron chi connectivity index (χ3n) is 2.64. The topological polar surface area (TPSA) is 58.6 Å². The minimum Gasteiger partial charge on any atom is -0.444 e. The number of fused-ring (bicyclic) bond motifs is 2. The highest BCUT2D eigenvalue weighted by molar-refractivity contribution is 5.89. The lowest BCUT2D eigenvalue weighted by Gasteiger charge is -2.51. The highest BCUT2D eigenvalue weighted by atomic mass is 16.6. The van der Waals surface area contributed by atoms with E-state index in [1.165, 1.54) is 0 Å². The van der Waals surface area contributed by atoms with Crippen molar-refractivity contribution in [2.45, 2.75) is 44.9 Å². The molecule has 0 saturated carbocycles. The van der Waals surface area contributed by atoms with E-state index in [1.807, 2.05) is 20.8 Å². The number of carbonyl (C=O) groups is 2. The number of carbonyl (C=O) groups excluding carboxylic acids is 2. The van der Waals surface area contributed by atoms with Gasteiger partial charge in [0, 0.05) is 6.54 Å². The molecule has 3 heterocycles. The maximum absolute atomic E-state index is 11.7. The number of nitrogens with zero attached hydrogens (tertiary/aromatic N) is 1. The molecule has 3 saturated heterocycles. The first-order chi connectivity index (χ1) is 6.88. The summed E-state index contributed by atoms with van der Waals surface area (Å²) in [6, 6.07) is -0.179. The van der Waals surface area contributed by atoms with Crippen LogP contribution in [0.15, 0.2) is 0 Å². The normalized spacial score (nSPS) is 29.3. The maximum Gasteiger partial charge on any atom is 0.411 e. The summed E-state index contributed by atoms with van der Waals surface area (Å²) >= 11 is 0. The minimum absolute atomic E-state index is 0.0663. The molecular formula is C10H16N2O3. The van der Waals surface area contributed by atoms with Crippen LogP contribution in [-0.2, 0) is 9.53 Å². The average molecular weight is 212 g/mol. The molecule has 3 aliphatic heterocycles. The van der Waals surface area contributed by atoms with Gasteiger partial charge in [-0.3, -0.25) is 9.69 Å². The smallest absolute Gasteiger partial charge is 0.411 e. The van der Waals surface area contributed by atoms with Gasteiger partial charge in [0.25, 0.3) is 0 Å². The van der Waals surface area contributed by atoms with Gasteiger partial charge in [0.1, 0.15) is 11.6 Å². The number of amides is 2. The molecule has 5 nitrogen and oxygen atoms in total.